The van der Waals surface area contributed by atoms with Gasteiger partial charge in [0, 0.05) is 0 Å². The number of carbonyl (C=O) groups is 1. The van der Waals surface area contributed by atoms with Crippen LogP contribution in [-0.4, -0.2) is 11.1 Å². The van der Waals surface area contributed by atoms with Crippen LogP contribution in [0.5, 0.6) is 0 Å². The standard InChI is InChI=1S/C9H14O2/c1-9(8(10)11)5-6-2-3-7(9)4-6/h6-7H,2-5H2,1H3,(H,10,11)/t6-,7-,9-/m0/s1. The number of rotatable bonds is 1. The Morgan fingerprint density at radius 1 is 1.55 bits per heavy atom. The predicted molar refractivity (Wildman–Crippen MR) is 41.2 cm³/mol. The van der Waals surface area contributed by atoms with Crippen LogP contribution in [0.1, 0.15) is 32.6 Å². The number of aliphatic carboxylic acids is 1. The summed E-state index contributed by atoms with van der Waals surface area (Å²) in [4.78, 5) is 10.9. The molecule has 2 fully saturated rings. The van der Waals surface area contributed by atoms with Gasteiger partial charge in [-0.1, -0.05) is 6.42 Å². The molecular weight excluding hydrogens is 140 g/mol. The second-order valence-electron chi connectivity index (χ2n) is 4.30. The van der Waals surface area contributed by atoms with Gasteiger partial charge in [-0.2, -0.15) is 0 Å². The molecule has 2 heteroatoms. The first-order chi connectivity index (χ1) is 5.13. The van der Waals surface area contributed by atoms with Crippen LogP contribution in [0.15, 0.2) is 0 Å². The zero-order valence-electron chi connectivity index (χ0n) is 6.84. The highest BCUT2D eigenvalue weighted by molar-refractivity contribution is 5.75. The van der Waals surface area contributed by atoms with Crippen molar-refractivity contribution in [3.05, 3.63) is 0 Å². The lowest BCUT2D eigenvalue weighted by Crippen LogP contribution is -2.32. The average molecular weight is 154 g/mol. The van der Waals surface area contributed by atoms with E-state index in [1.165, 1.54) is 12.8 Å². The average Bonchev–Trinajstić information content (AvgIpc) is 2.45. The van der Waals surface area contributed by atoms with Gasteiger partial charge in [-0.15, -0.1) is 0 Å². The summed E-state index contributed by atoms with van der Waals surface area (Å²) in [5.74, 6) is 0.621. The molecule has 0 aromatic heterocycles. The molecule has 2 saturated carbocycles. The Hall–Kier alpha value is -0.530. The highest BCUT2D eigenvalue weighted by atomic mass is 16.4. The van der Waals surface area contributed by atoms with Gasteiger partial charge < -0.3 is 5.11 Å². The topological polar surface area (TPSA) is 37.3 Å². The van der Waals surface area contributed by atoms with E-state index in [-0.39, 0.29) is 5.41 Å². The number of fused-ring (bicyclic) bond motifs is 2. The molecule has 2 rings (SSSR count). The molecule has 3 atom stereocenters. The lowest BCUT2D eigenvalue weighted by Gasteiger charge is -2.28. The summed E-state index contributed by atoms with van der Waals surface area (Å²) < 4.78 is 0. The summed E-state index contributed by atoms with van der Waals surface area (Å²) >= 11 is 0. The third kappa shape index (κ3) is 0.815. The summed E-state index contributed by atoms with van der Waals surface area (Å²) in [5, 5.41) is 8.99. The van der Waals surface area contributed by atoms with Crippen LogP contribution in [0.3, 0.4) is 0 Å². The van der Waals surface area contributed by atoms with Crippen LogP contribution in [0.25, 0.3) is 0 Å². The second-order valence-corrected chi connectivity index (χ2v) is 4.30. The van der Waals surface area contributed by atoms with Gasteiger partial charge in [0.1, 0.15) is 0 Å². The van der Waals surface area contributed by atoms with Crippen molar-refractivity contribution in [1.82, 2.24) is 0 Å². The van der Waals surface area contributed by atoms with Crippen LogP contribution in [-0.2, 0) is 4.79 Å². The first-order valence-electron chi connectivity index (χ1n) is 4.36. The molecule has 0 saturated heterocycles. The number of hydrogen-bond donors (Lipinski definition) is 1. The molecule has 2 aliphatic rings. The largest absolute Gasteiger partial charge is 0.481 e. The Morgan fingerprint density at radius 3 is 2.55 bits per heavy atom. The monoisotopic (exact) mass is 154 g/mol. The van der Waals surface area contributed by atoms with Gasteiger partial charge in [0.05, 0.1) is 5.41 Å². The van der Waals surface area contributed by atoms with Gasteiger partial charge in [0.2, 0.25) is 0 Å². The maximum atomic E-state index is 10.9. The van der Waals surface area contributed by atoms with E-state index >= 15 is 0 Å². The van der Waals surface area contributed by atoms with Gasteiger partial charge in [0.15, 0.2) is 0 Å². The van der Waals surface area contributed by atoms with Crippen molar-refractivity contribution in [1.29, 1.82) is 0 Å². The summed E-state index contributed by atoms with van der Waals surface area (Å²) in [6, 6.07) is 0. The molecule has 2 nitrogen and oxygen atoms in total. The molecule has 0 radical (unpaired) electrons. The fraction of sp³-hybridized carbons (Fsp3) is 0.889. The smallest absolute Gasteiger partial charge is 0.309 e. The second kappa shape index (κ2) is 1.99. The SMILES string of the molecule is C[C@]1(C(=O)O)C[C@H]2CC[C@H]1C2. The minimum Gasteiger partial charge on any atom is -0.481 e. The Labute approximate surface area is 66.6 Å². The van der Waals surface area contributed by atoms with Crippen molar-refractivity contribution in [2.75, 3.05) is 0 Å². The summed E-state index contributed by atoms with van der Waals surface area (Å²) in [6.07, 6.45) is 4.51. The van der Waals surface area contributed by atoms with Crippen molar-refractivity contribution in [2.45, 2.75) is 32.6 Å². The summed E-state index contributed by atoms with van der Waals surface area (Å²) in [6.45, 7) is 1.92. The Balaban J connectivity index is 2.23. The van der Waals surface area contributed by atoms with Crippen LogP contribution in [0.2, 0.25) is 0 Å². The van der Waals surface area contributed by atoms with Gasteiger partial charge >= 0.3 is 5.97 Å². The highest BCUT2D eigenvalue weighted by Crippen LogP contribution is 2.55. The molecule has 0 aromatic carbocycles. The summed E-state index contributed by atoms with van der Waals surface area (Å²) in [7, 11) is 0. The van der Waals surface area contributed by atoms with Crippen LogP contribution >= 0.6 is 0 Å². The van der Waals surface area contributed by atoms with Crippen molar-refractivity contribution in [3.63, 3.8) is 0 Å². The molecular formula is C9H14O2. The summed E-state index contributed by atoms with van der Waals surface area (Å²) in [5.41, 5.74) is -0.372. The van der Waals surface area contributed by atoms with Gasteiger partial charge in [-0.05, 0) is 38.0 Å². The number of carboxylic acid groups (broad SMARTS) is 1. The molecule has 2 bridgehead atoms. The molecule has 0 spiro atoms. The van der Waals surface area contributed by atoms with E-state index in [9.17, 15) is 4.79 Å². The van der Waals surface area contributed by atoms with Crippen molar-refractivity contribution in [3.8, 4) is 0 Å². The Kier molecular flexibility index (Phi) is 1.29. The molecule has 0 aromatic rings. The molecule has 0 aliphatic heterocycles. The first-order valence-corrected chi connectivity index (χ1v) is 4.36. The Morgan fingerprint density at radius 2 is 2.27 bits per heavy atom. The van der Waals surface area contributed by atoms with E-state index in [0.717, 1.165) is 18.8 Å². The predicted octanol–water partition coefficient (Wildman–Crippen LogP) is 1.90. The fourth-order valence-electron chi connectivity index (χ4n) is 2.87. The lowest BCUT2D eigenvalue weighted by atomic mass is 9.75. The van der Waals surface area contributed by atoms with Crippen molar-refractivity contribution < 1.29 is 9.90 Å². The third-order valence-corrected chi connectivity index (χ3v) is 3.64. The Bertz CT molecular complexity index is 200. The van der Waals surface area contributed by atoms with Gasteiger partial charge in [-0.25, -0.2) is 0 Å². The molecule has 11 heavy (non-hydrogen) atoms. The number of hydrogen-bond acceptors (Lipinski definition) is 1. The lowest BCUT2D eigenvalue weighted by molar-refractivity contribution is -0.151. The molecule has 2 aliphatic carbocycles. The first kappa shape index (κ1) is 7.14. The molecule has 0 unspecified atom stereocenters. The third-order valence-electron chi connectivity index (χ3n) is 3.64. The van der Waals surface area contributed by atoms with Crippen LogP contribution < -0.4 is 0 Å². The molecule has 0 amide bonds. The zero-order valence-corrected chi connectivity index (χ0v) is 6.84. The van der Waals surface area contributed by atoms with Crippen LogP contribution in [0, 0.1) is 17.3 Å². The van der Waals surface area contributed by atoms with E-state index in [0.29, 0.717) is 5.92 Å². The maximum absolute atomic E-state index is 10.9. The van der Waals surface area contributed by atoms with Crippen molar-refractivity contribution in [2.24, 2.45) is 17.3 Å². The normalized spacial score (nSPS) is 48.1. The van der Waals surface area contributed by atoms with E-state index in [2.05, 4.69) is 0 Å². The highest BCUT2D eigenvalue weighted by Gasteiger charge is 2.52. The van der Waals surface area contributed by atoms with Crippen molar-refractivity contribution >= 4 is 5.97 Å². The minimum absolute atomic E-state index is 0.372. The number of carboxylic acids is 1. The molecule has 62 valence electrons. The quantitative estimate of drug-likeness (QED) is 0.626. The van der Waals surface area contributed by atoms with E-state index in [1.807, 2.05) is 6.92 Å². The zero-order chi connectivity index (χ0) is 8.06. The van der Waals surface area contributed by atoms with E-state index in [1.54, 1.807) is 0 Å². The fourth-order valence-corrected chi connectivity index (χ4v) is 2.87. The van der Waals surface area contributed by atoms with E-state index < -0.39 is 5.97 Å². The van der Waals surface area contributed by atoms with Crippen LogP contribution in [0.4, 0.5) is 0 Å². The molecule has 0 heterocycles. The van der Waals surface area contributed by atoms with Gasteiger partial charge in [0.25, 0.3) is 0 Å². The van der Waals surface area contributed by atoms with Gasteiger partial charge in [-0.3, -0.25) is 4.79 Å². The maximum Gasteiger partial charge on any atom is 0.309 e. The van der Waals surface area contributed by atoms with E-state index in [4.69, 9.17) is 5.11 Å². The molecule has 1 N–H and O–H groups in total. The minimum atomic E-state index is -0.579.